The number of likely N-dealkylation sites (N-methyl/N-ethyl adjacent to an activating group) is 1. The maximum Gasteiger partial charge on any atom is 0.422 e. The van der Waals surface area contributed by atoms with Gasteiger partial charge in [-0.1, -0.05) is 19.1 Å². The number of ether oxygens (including phenoxy) is 2. The van der Waals surface area contributed by atoms with Crippen LogP contribution in [0.5, 0.6) is 11.5 Å². The molecule has 0 saturated carbocycles. The zero-order valence-electron chi connectivity index (χ0n) is 13.5. The summed E-state index contributed by atoms with van der Waals surface area (Å²) in [5, 5.41) is 0. The number of nitrogens with zero attached hydrogens (tertiary/aromatic N) is 2. The Bertz CT molecular complexity index is 544. The van der Waals surface area contributed by atoms with E-state index in [1.807, 2.05) is 0 Å². The third-order valence-electron chi connectivity index (χ3n) is 3.76. The van der Waals surface area contributed by atoms with Crippen molar-refractivity contribution in [3.05, 3.63) is 24.3 Å². The Morgan fingerprint density at radius 1 is 1.08 bits per heavy atom. The average Bonchev–Trinajstić information content (AvgIpc) is 2.58. The van der Waals surface area contributed by atoms with Gasteiger partial charge in [-0.05, 0) is 18.7 Å². The van der Waals surface area contributed by atoms with Crippen molar-refractivity contribution in [2.45, 2.75) is 13.1 Å². The van der Waals surface area contributed by atoms with Gasteiger partial charge in [0.1, 0.15) is 0 Å². The maximum atomic E-state index is 12.3. The fourth-order valence-electron chi connectivity index (χ4n) is 2.39. The molecule has 1 heterocycles. The van der Waals surface area contributed by atoms with Gasteiger partial charge in [0.15, 0.2) is 24.7 Å². The number of alkyl halides is 3. The van der Waals surface area contributed by atoms with E-state index in [2.05, 4.69) is 11.8 Å². The van der Waals surface area contributed by atoms with Gasteiger partial charge in [0.05, 0.1) is 0 Å². The van der Waals surface area contributed by atoms with Crippen LogP contribution in [-0.4, -0.2) is 67.8 Å². The van der Waals surface area contributed by atoms with Crippen LogP contribution in [-0.2, 0) is 4.79 Å². The minimum Gasteiger partial charge on any atom is -0.480 e. The van der Waals surface area contributed by atoms with E-state index in [1.54, 1.807) is 17.0 Å². The van der Waals surface area contributed by atoms with Crippen molar-refractivity contribution in [3.8, 4) is 11.5 Å². The normalized spacial score (nSPS) is 16.1. The highest BCUT2D eigenvalue weighted by atomic mass is 19.4. The Kier molecular flexibility index (Phi) is 6.30. The van der Waals surface area contributed by atoms with Crippen molar-refractivity contribution in [1.82, 2.24) is 9.80 Å². The second-order valence-electron chi connectivity index (χ2n) is 5.45. The molecule has 1 amide bonds. The summed E-state index contributed by atoms with van der Waals surface area (Å²) in [5.41, 5.74) is 0. The molecule has 0 spiro atoms. The summed E-state index contributed by atoms with van der Waals surface area (Å²) in [6.07, 6.45) is -4.43. The van der Waals surface area contributed by atoms with Gasteiger partial charge in [-0.3, -0.25) is 4.79 Å². The van der Waals surface area contributed by atoms with E-state index < -0.39 is 12.8 Å². The van der Waals surface area contributed by atoms with Gasteiger partial charge >= 0.3 is 6.18 Å². The van der Waals surface area contributed by atoms with Crippen LogP contribution in [0.25, 0.3) is 0 Å². The van der Waals surface area contributed by atoms with E-state index in [-0.39, 0.29) is 24.0 Å². The van der Waals surface area contributed by atoms with Crippen LogP contribution in [0, 0.1) is 0 Å². The van der Waals surface area contributed by atoms with E-state index in [0.717, 1.165) is 19.6 Å². The van der Waals surface area contributed by atoms with E-state index >= 15 is 0 Å². The lowest BCUT2D eigenvalue weighted by molar-refractivity contribution is -0.153. The molecule has 1 saturated heterocycles. The zero-order chi connectivity index (χ0) is 17.6. The van der Waals surface area contributed by atoms with Gasteiger partial charge in [-0.15, -0.1) is 0 Å². The molecule has 5 nitrogen and oxygen atoms in total. The third kappa shape index (κ3) is 5.59. The first-order valence-corrected chi connectivity index (χ1v) is 7.80. The summed E-state index contributed by atoms with van der Waals surface area (Å²) >= 11 is 0. The molecule has 24 heavy (non-hydrogen) atoms. The minimum atomic E-state index is -4.43. The molecule has 2 rings (SSSR count). The van der Waals surface area contributed by atoms with Crippen molar-refractivity contribution in [2.24, 2.45) is 0 Å². The van der Waals surface area contributed by atoms with Crippen molar-refractivity contribution in [3.63, 3.8) is 0 Å². The van der Waals surface area contributed by atoms with Crippen LogP contribution in [0.1, 0.15) is 6.92 Å². The average molecular weight is 346 g/mol. The summed E-state index contributed by atoms with van der Waals surface area (Å²) in [6, 6.07) is 6.02. The van der Waals surface area contributed by atoms with Crippen molar-refractivity contribution in [1.29, 1.82) is 0 Å². The molecule has 0 bridgehead atoms. The van der Waals surface area contributed by atoms with E-state index in [4.69, 9.17) is 9.47 Å². The number of amides is 1. The number of hydrogen-bond donors (Lipinski definition) is 0. The smallest absolute Gasteiger partial charge is 0.422 e. The first-order valence-electron chi connectivity index (χ1n) is 7.80. The molecule has 8 heteroatoms. The van der Waals surface area contributed by atoms with Gasteiger partial charge in [0.2, 0.25) is 0 Å². The standard InChI is InChI=1S/C16H21F3N2O3/c1-2-20-7-9-21(10-8-20)15(22)11-23-13-5-3-4-6-14(13)24-12-16(17,18)19/h3-6H,2,7-12H2,1H3. The molecule has 0 aromatic heterocycles. The van der Waals surface area contributed by atoms with Gasteiger partial charge in [0, 0.05) is 26.2 Å². The third-order valence-corrected chi connectivity index (χ3v) is 3.76. The molecular weight excluding hydrogens is 325 g/mol. The molecule has 0 aliphatic carbocycles. The fourth-order valence-corrected chi connectivity index (χ4v) is 2.39. The number of hydrogen-bond acceptors (Lipinski definition) is 4. The molecule has 1 aliphatic rings. The SMILES string of the molecule is CCN1CCN(C(=O)COc2ccccc2OCC(F)(F)F)CC1. The van der Waals surface area contributed by atoms with Crippen molar-refractivity contribution < 1.29 is 27.4 Å². The second-order valence-corrected chi connectivity index (χ2v) is 5.45. The number of carbonyl (C=O) groups excluding carboxylic acids is 1. The highest BCUT2D eigenvalue weighted by molar-refractivity contribution is 5.78. The summed E-state index contributed by atoms with van der Waals surface area (Å²) in [5.74, 6) is -0.0860. The van der Waals surface area contributed by atoms with Crippen LogP contribution < -0.4 is 9.47 Å². The molecule has 0 unspecified atom stereocenters. The van der Waals surface area contributed by atoms with E-state index in [9.17, 15) is 18.0 Å². The lowest BCUT2D eigenvalue weighted by Gasteiger charge is -2.34. The van der Waals surface area contributed by atoms with Crippen LogP contribution >= 0.6 is 0 Å². The predicted molar refractivity (Wildman–Crippen MR) is 82.2 cm³/mol. The number of carbonyl (C=O) groups is 1. The first-order chi connectivity index (χ1) is 11.4. The summed E-state index contributed by atoms with van der Waals surface area (Å²) in [6.45, 7) is 4.27. The molecule has 134 valence electrons. The Morgan fingerprint density at radius 3 is 2.21 bits per heavy atom. The molecular formula is C16H21F3N2O3. The summed E-state index contributed by atoms with van der Waals surface area (Å²) < 4.78 is 46.9. The maximum absolute atomic E-state index is 12.3. The number of halogens is 3. The predicted octanol–water partition coefficient (Wildman–Crippen LogP) is 2.17. The number of para-hydroxylation sites is 2. The lowest BCUT2D eigenvalue weighted by atomic mass is 10.3. The molecule has 1 fully saturated rings. The zero-order valence-corrected chi connectivity index (χ0v) is 13.5. The number of benzene rings is 1. The number of rotatable bonds is 6. The van der Waals surface area contributed by atoms with Crippen LogP contribution in [0.2, 0.25) is 0 Å². The van der Waals surface area contributed by atoms with Crippen molar-refractivity contribution in [2.75, 3.05) is 45.9 Å². The van der Waals surface area contributed by atoms with Gasteiger partial charge in [0.25, 0.3) is 5.91 Å². The molecule has 1 aliphatic heterocycles. The van der Waals surface area contributed by atoms with E-state index in [0.29, 0.717) is 13.1 Å². The monoisotopic (exact) mass is 346 g/mol. The molecule has 1 aromatic rings. The van der Waals surface area contributed by atoms with Crippen LogP contribution in [0.3, 0.4) is 0 Å². The van der Waals surface area contributed by atoms with Gasteiger partial charge < -0.3 is 19.3 Å². The summed E-state index contributed by atoms with van der Waals surface area (Å²) in [7, 11) is 0. The van der Waals surface area contributed by atoms with Crippen LogP contribution in [0.15, 0.2) is 24.3 Å². The first kappa shape index (κ1) is 18.4. The van der Waals surface area contributed by atoms with Gasteiger partial charge in [-0.2, -0.15) is 13.2 Å². The number of piperazine rings is 1. The largest absolute Gasteiger partial charge is 0.480 e. The summed E-state index contributed by atoms with van der Waals surface area (Å²) in [4.78, 5) is 16.1. The molecule has 0 atom stereocenters. The topological polar surface area (TPSA) is 42.0 Å². The molecule has 1 aromatic carbocycles. The highest BCUT2D eigenvalue weighted by Crippen LogP contribution is 2.28. The van der Waals surface area contributed by atoms with Gasteiger partial charge in [-0.25, -0.2) is 0 Å². The Hall–Kier alpha value is -1.96. The Morgan fingerprint density at radius 2 is 1.67 bits per heavy atom. The fraction of sp³-hybridized carbons (Fsp3) is 0.562. The Balaban J connectivity index is 1.86. The lowest BCUT2D eigenvalue weighted by Crippen LogP contribution is -2.49. The second kappa shape index (κ2) is 8.23. The Labute approximate surface area is 138 Å². The quantitative estimate of drug-likeness (QED) is 0.792. The minimum absolute atomic E-state index is 0.0292. The highest BCUT2D eigenvalue weighted by Gasteiger charge is 2.29. The van der Waals surface area contributed by atoms with Crippen molar-refractivity contribution >= 4 is 5.91 Å². The molecule has 0 N–H and O–H groups in total. The van der Waals surface area contributed by atoms with Crippen LogP contribution in [0.4, 0.5) is 13.2 Å². The molecule has 0 radical (unpaired) electrons. The van der Waals surface area contributed by atoms with E-state index in [1.165, 1.54) is 12.1 Å².